The third kappa shape index (κ3) is 3.39. The van der Waals surface area contributed by atoms with Crippen molar-refractivity contribution in [1.29, 1.82) is 0 Å². The van der Waals surface area contributed by atoms with Gasteiger partial charge in [-0.3, -0.25) is 9.36 Å². The monoisotopic (exact) mass is 374 g/mol. The molecule has 5 nitrogen and oxygen atoms in total. The Morgan fingerprint density at radius 3 is 2.65 bits per heavy atom. The molecule has 7 heteroatoms. The Kier molecular flexibility index (Phi) is 5.18. The third-order valence-corrected chi connectivity index (χ3v) is 5.21. The summed E-state index contributed by atoms with van der Waals surface area (Å²) in [6, 6.07) is 5.15. The first-order valence-corrected chi connectivity index (χ1v) is 9.25. The van der Waals surface area contributed by atoms with Crippen LogP contribution in [0.4, 0.5) is 4.39 Å². The van der Waals surface area contributed by atoms with Crippen LogP contribution in [-0.4, -0.2) is 21.6 Å². The molecular weight excluding hydrogens is 355 g/mol. The van der Waals surface area contributed by atoms with Crippen LogP contribution in [0.1, 0.15) is 33.2 Å². The molecule has 3 aromatic rings. The van der Waals surface area contributed by atoms with Gasteiger partial charge in [0.1, 0.15) is 16.7 Å². The summed E-state index contributed by atoms with van der Waals surface area (Å²) in [6.07, 6.45) is 1.86. The molecule has 2 atom stereocenters. The first-order chi connectivity index (χ1) is 12.4. The number of fused-ring (bicyclic) bond motifs is 1. The standard InChI is InChI=1S/C19H19FN2O3S/c1-4-11(2)25-19(24)12(3)22-10-21-17-16(18(22)23)15(9-26-17)13-5-7-14(20)8-6-13/h5-12H,4H2,1-3H3. The number of carbonyl (C=O) groups excluding carboxylic acids is 1. The highest BCUT2D eigenvalue weighted by atomic mass is 32.1. The van der Waals surface area contributed by atoms with Crippen molar-refractivity contribution in [3.05, 3.63) is 52.1 Å². The number of aromatic nitrogens is 2. The number of rotatable bonds is 5. The van der Waals surface area contributed by atoms with Crippen LogP contribution in [0.15, 0.2) is 40.8 Å². The average Bonchev–Trinajstić information content (AvgIpc) is 3.07. The molecule has 136 valence electrons. The summed E-state index contributed by atoms with van der Waals surface area (Å²) in [5.74, 6) is -0.814. The van der Waals surface area contributed by atoms with Gasteiger partial charge in [-0.15, -0.1) is 11.3 Å². The highest BCUT2D eigenvalue weighted by Gasteiger charge is 2.22. The van der Waals surface area contributed by atoms with Gasteiger partial charge in [-0.2, -0.15) is 0 Å². The van der Waals surface area contributed by atoms with Gasteiger partial charge in [-0.25, -0.2) is 14.2 Å². The highest BCUT2D eigenvalue weighted by molar-refractivity contribution is 7.17. The lowest BCUT2D eigenvalue weighted by Crippen LogP contribution is -2.31. The number of hydrogen-bond donors (Lipinski definition) is 0. The molecule has 0 saturated heterocycles. The SMILES string of the molecule is CCC(C)OC(=O)C(C)n1cnc2scc(-c3ccc(F)cc3)c2c1=O. The Morgan fingerprint density at radius 2 is 2.00 bits per heavy atom. The van der Waals surface area contributed by atoms with E-state index in [-0.39, 0.29) is 17.5 Å². The Labute approximate surface area is 154 Å². The molecule has 2 heterocycles. The van der Waals surface area contributed by atoms with E-state index in [1.54, 1.807) is 26.0 Å². The smallest absolute Gasteiger partial charge is 0.329 e. The molecule has 0 radical (unpaired) electrons. The van der Waals surface area contributed by atoms with Crippen LogP contribution in [0.5, 0.6) is 0 Å². The van der Waals surface area contributed by atoms with Crippen molar-refractivity contribution >= 4 is 27.5 Å². The van der Waals surface area contributed by atoms with Crippen molar-refractivity contribution in [3.63, 3.8) is 0 Å². The van der Waals surface area contributed by atoms with Gasteiger partial charge < -0.3 is 4.74 Å². The molecule has 26 heavy (non-hydrogen) atoms. The van der Waals surface area contributed by atoms with E-state index >= 15 is 0 Å². The summed E-state index contributed by atoms with van der Waals surface area (Å²) in [4.78, 5) is 30.2. The molecule has 0 bridgehead atoms. The summed E-state index contributed by atoms with van der Waals surface area (Å²) >= 11 is 1.34. The van der Waals surface area contributed by atoms with E-state index in [0.29, 0.717) is 22.2 Å². The first-order valence-electron chi connectivity index (χ1n) is 8.37. The summed E-state index contributed by atoms with van der Waals surface area (Å²) in [7, 11) is 0. The van der Waals surface area contributed by atoms with Crippen LogP contribution in [0.3, 0.4) is 0 Å². The molecule has 0 spiro atoms. The minimum absolute atomic E-state index is 0.215. The number of carbonyl (C=O) groups is 1. The summed E-state index contributed by atoms with van der Waals surface area (Å²) in [5.41, 5.74) is 1.09. The lowest BCUT2D eigenvalue weighted by Gasteiger charge is -2.17. The van der Waals surface area contributed by atoms with Gasteiger partial charge in [0.05, 0.1) is 17.8 Å². The van der Waals surface area contributed by atoms with Crippen LogP contribution in [0.2, 0.25) is 0 Å². The normalized spacial score (nSPS) is 13.5. The summed E-state index contributed by atoms with van der Waals surface area (Å²) < 4.78 is 19.8. The van der Waals surface area contributed by atoms with Crippen LogP contribution >= 0.6 is 11.3 Å². The van der Waals surface area contributed by atoms with Gasteiger partial charge in [-0.1, -0.05) is 19.1 Å². The van der Waals surface area contributed by atoms with E-state index in [4.69, 9.17) is 4.74 Å². The molecule has 0 aliphatic rings. The van der Waals surface area contributed by atoms with Crippen LogP contribution in [-0.2, 0) is 9.53 Å². The molecule has 1 aromatic carbocycles. The second-order valence-corrected chi connectivity index (χ2v) is 6.98. The molecule has 2 unspecified atom stereocenters. The fourth-order valence-corrected chi connectivity index (χ4v) is 3.46. The van der Waals surface area contributed by atoms with Crippen LogP contribution < -0.4 is 5.56 Å². The zero-order valence-corrected chi connectivity index (χ0v) is 15.5. The van der Waals surface area contributed by atoms with Gasteiger partial charge in [0, 0.05) is 10.9 Å². The second kappa shape index (κ2) is 7.37. The Bertz CT molecular complexity index is 994. The molecule has 3 rings (SSSR count). The topological polar surface area (TPSA) is 61.2 Å². The number of halogens is 1. The van der Waals surface area contributed by atoms with Crippen molar-refractivity contribution in [2.45, 2.75) is 39.3 Å². The predicted octanol–water partition coefficient (Wildman–Crippen LogP) is 4.17. The fraction of sp³-hybridized carbons (Fsp3) is 0.316. The maximum absolute atomic E-state index is 13.2. The Hall–Kier alpha value is -2.54. The van der Waals surface area contributed by atoms with E-state index < -0.39 is 12.0 Å². The van der Waals surface area contributed by atoms with Crippen molar-refractivity contribution in [3.8, 4) is 11.1 Å². The van der Waals surface area contributed by atoms with E-state index in [2.05, 4.69) is 4.98 Å². The van der Waals surface area contributed by atoms with Crippen molar-refractivity contribution in [1.82, 2.24) is 9.55 Å². The minimum Gasteiger partial charge on any atom is -0.461 e. The zero-order valence-electron chi connectivity index (χ0n) is 14.7. The van der Waals surface area contributed by atoms with Crippen molar-refractivity contribution < 1.29 is 13.9 Å². The maximum atomic E-state index is 13.2. The zero-order chi connectivity index (χ0) is 18.8. The molecule has 0 aliphatic heterocycles. The van der Waals surface area contributed by atoms with E-state index in [9.17, 15) is 14.0 Å². The summed E-state index contributed by atoms with van der Waals surface area (Å²) in [6.45, 7) is 5.34. The largest absolute Gasteiger partial charge is 0.461 e. The number of esters is 1. The maximum Gasteiger partial charge on any atom is 0.329 e. The van der Waals surface area contributed by atoms with Gasteiger partial charge >= 0.3 is 5.97 Å². The predicted molar refractivity (Wildman–Crippen MR) is 99.8 cm³/mol. The summed E-state index contributed by atoms with van der Waals surface area (Å²) in [5, 5.41) is 2.24. The Morgan fingerprint density at radius 1 is 1.31 bits per heavy atom. The van der Waals surface area contributed by atoms with Gasteiger partial charge in [0.15, 0.2) is 0 Å². The van der Waals surface area contributed by atoms with Gasteiger partial charge in [-0.05, 0) is 38.0 Å². The van der Waals surface area contributed by atoms with Gasteiger partial charge in [0.25, 0.3) is 5.56 Å². The van der Waals surface area contributed by atoms with E-state index in [0.717, 1.165) is 5.56 Å². The average molecular weight is 374 g/mol. The van der Waals surface area contributed by atoms with Crippen LogP contribution in [0, 0.1) is 5.82 Å². The number of ether oxygens (including phenoxy) is 1. The lowest BCUT2D eigenvalue weighted by molar-refractivity contribution is -0.152. The quantitative estimate of drug-likeness (QED) is 0.629. The number of thiophene rings is 1. The first kappa shape index (κ1) is 18.3. The fourth-order valence-electron chi connectivity index (χ4n) is 2.56. The van der Waals surface area contributed by atoms with Crippen molar-refractivity contribution in [2.24, 2.45) is 0 Å². The number of hydrogen-bond acceptors (Lipinski definition) is 5. The molecule has 0 aliphatic carbocycles. The van der Waals surface area contributed by atoms with Crippen molar-refractivity contribution in [2.75, 3.05) is 0 Å². The second-order valence-electron chi connectivity index (χ2n) is 6.13. The molecular formula is C19H19FN2O3S. The molecule has 0 N–H and O–H groups in total. The van der Waals surface area contributed by atoms with E-state index in [1.807, 2.05) is 12.3 Å². The third-order valence-electron chi connectivity index (χ3n) is 4.33. The molecule has 0 amide bonds. The lowest BCUT2D eigenvalue weighted by atomic mass is 10.1. The van der Waals surface area contributed by atoms with E-state index in [1.165, 1.54) is 34.4 Å². The minimum atomic E-state index is -0.783. The molecule has 0 fully saturated rings. The number of nitrogens with zero attached hydrogens (tertiary/aromatic N) is 2. The number of benzene rings is 1. The van der Waals surface area contributed by atoms with Crippen LogP contribution in [0.25, 0.3) is 21.3 Å². The molecule has 2 aromatic heterocycles. The van der Waals surface area contributed by atoms with Gasteiger partial charge in [0.2, 0.25) is 0 Å². The molecule has 0 saturated carbocycles. The highest BCUT2D eigenvalue weighted by Crippen LogP contribution is 2.31. The Balaban J connectivity index is 2.05.